The maximum Gasteiger partial charge on any atom is 0.407 e. The van der Waals surface area contributed by atoms with Crippen LogP contribution < -0.4 is 10.6 Å². The molecule has 0 bridgehead atoms. The fourth-order valence-electron chi connectivity index (χ4n) is 3.20. The molecule has 1 aromatic carbocycles. The number of carbonyl (C=O) groups is 1. The Balaban J connectivity index is 0.00000420. The number of aryl methyl sites for hydroxylation is 2. The molecule has 0 saturated carbocycles. The molecule has 1 aliphatic heterocycles. The van der Waals surface area contributed by atoms with Crippen LogP contribution in [-0.2, 0) is 9.47 Å². The summed E-state index contributed by atoms with van der Waals surface area (Å²) in [4.78, 5) is 18.3. The summed E-state index contributed by atoms with van der Waals surface area (Å²) in [5.41, 5.74) is 3.22. The van der Waals surface area contributed by atoms with Gasteiger partial charge < -0.3 is 25.0 Å². The number of nitrogens with one attached hydrogen (secondary N) is 2. The molecule has 29 heavy (non-hydrogen) atoms. The van der Waals surface area contributed by atoms with Gasteiger partial charge in [-0.15, -0.1) is 24.0 Å². The molecule has 0 spiro atoms. The zero-order chi connectivity index (χ0) is 20.7. The SMILES string of the molecule is CN=C(NCCNC(=O)OC(C)(C)C)N1CCOC(c2ccc(C)cc2C)C1.I. The number of hydrogen-bond donors (Lipinski definition) is 2. The second-order valence-corrected chi connectivity index (χ2v) is 8.07. The summed E-state index contributed by atoms with van der Waals surface area (Å²) in [5, 5.41) is 6.05. The number of halogens is 1. The minimum Gasteiger partial charge on any atom is -0.444 e. The number of nitrogens with zero attached hydrogens (tertiary/aromatic N) is 2. The highest BCUT2D eigenvalue weighted by Gasteiger charge is 2.25. The van der Waals surface area contributed by atoms with Crippen molar-refractivity contribution in [2.75, 3.05) is 39.8 Å². The zero-order valence-electron chi connectivity index (χ0n) is 18.4. The Morgan fingerprint density at radius 2 is 1.97 bits per heavy atom. The predicted octanol–water partition coefficient (Wildman–Crippen LogP) is 3.39. The molecule has 2 N–H and O–H groups in total. The van der Waals surface area contributed by atoms with Gasteiger partial charge in [0.25, 0.3) is 0 Å². The van der Waals surface area contributed by atoms with E-state index in [1.165, 1.54) is 16.7 Å². The third kappa shape index (κ3) is 8.38. The minimum atomic E-state index is -0.496. The van der Waals surface area contributed by atoms with Gasteiger partial charge in [-0.05, 0) is 45.7 Å². The monoisotopic (exact) mass is 518 g/mol. The van der Waals surface area contributed by atoms with Gasteiger partial charge in [0.15, 0.2) is 5.96 Å². The van der Waals surface area contributed by atoms with E-state index in [4.69, 9.17) is 9.47 Å². The summed E-state index contributed by atoms with van der Waals surface area (Å²) in [7, 11) is 1.77. The lowest BCUT2D eigenvalue weighted by molar-refractivity contribution is -0.00829. The number of carbonyl (C=O) groups excluding carboxylic acids is 1. The number of guanidine groups is 1. The van der Waals surface area contributed by atoms with Crippen LogP contribution in [0.1, 0.15) is 43.6 Å². The van der Waals surface area contributed by atoms with Crippen LogP contribution in [0.15, 0.2) is 23.2 Å². The van der Waals surface area contributed by atoms with Crippen LogP contribution in [0.3, 0.4) is 0 Å². The van der Waals surface area contributed by atoms with Gasteiger partial charge in [0.05, 0.1) is 13.2 Å². The second-order valence-electron chi connectivity index (χ2n) is 8.07. The number of benzene rings is 1. The highest BCUT2D eigenvalue weighted by atomic mass is 127. The topological polar surface area (TPSA) is 75.2 Å². The number of aliphatic imine (C=N–C) groups is 1. The number of hydrogen-bond acceptors (Lipinski definition) is 4. The van der Waals surface area contributed by atoms with E-state index in [2.05, 4.69) is 52.6 Å². The summed E-state index contributed by atoms with van der Waals surface area (Å²) < 4.78 is 11.3. The molecule has 1 unspecified atom stereocenters. The van der Waals surface area contributed by atoms with Crippen LogP contribution in [0.5, 0.6) is 0 Å². The van der Waals surface area contributed by atoms with E-state index >= 15 is 0 Å². The van der Waals surface area contributed by atoms with Gasteiger partial charge in [-0.1, -0.05) is 23.8 Å². The summed E-state index contributed by atoms with van der Waals surface area (Å²) >= 11 is 0. The van der Waals surface area contributed by atoms with Crippen molar-refractivity contribution < 1.29 is 14.3 Å². The van der Waals surface area contributed by atoms with Gasteiger partial charge in [0.1, 0.15) is 11.7 Å². The van der Waals surface area contributed by atoms with Gasteiger partial charge in [-0.3, -0.25) is 4.99 Å². The summed E-state index contributed by atoms with van der Waals surface area (Å²) in [6.45, 7) is 12.9. The lowest BCUT2D eigenvalue weighted by Gasteiger charge is -2.35. The largest absolute Gasteiger partial charge is 0.444 e. The van der Waals surface area contributed by atoms with Crippen LogP contribution >= 0.6 is 24.0 Å². The molecule has 8 heteroatoms. The van der Waals surface area contributed by atoms with Crippen LogP contribution in [-0.4, -0.2) is 62.4 Å². The highest BCUT2D eigenvalue weighted by molar-refractivity contribution is 14.0. The minimum absolute atomic E-state index is 0. The Morgan fingerprint density at radius 3 is 2.59 bits per heavy atom. The van der Waals surface area contributed by atoms with Crippen molar-refractivity contribution in [1.29, 1.82) is 0 Å². The Hall–Kier alpha value is -1.55. The van der Waals surface area contributed by atoms with E-state index in [0.717, 1.165) is 19.0 Å². The maximum atomic E-state index is 11.7. The molecule has 0 aliphatic carbocycles. The molecular weight excluding hydrogens is 483 g/mol. The van der Waals surface area contributed by atoms with Crippen LogP contribution in [0.2, 0.25) is 0 Å². The lowest BCUT2D eigenvalue weighted by atomic mass is 10.00. The van der Waals surface area contributed by atoms with Crippen LogP contribution in [0.25, 0.3) is 0 Å². The fourth-order valence-corrected chi connectivity index (χ4v) is 3.20. The molecule has 1 fully saturated rings. The second kappa shape index (κ2) is 11.6. The zero-order valence-corrected chi connectivity index (χ0v) is 20.7. The number of morpholine rings is 1. The van der Waals surface area contributed by atoms with Crippen LogP contribution in [0, 0.1) is 13.8 Å². The van der Waals surface area contributed by atoms with Gasteiger partial charge in [-0.2, -0.15) is 0 Å². The molecule has 0 aromatic heterocycles. The van der Waals surface area contributed by atoms with Crippen molar-refractivity contribution in [2.24, 2.45) is 4.99 Å². The average Bonchev–Trinajstić information content (AvgIpc) is 2.60. The highest BCUT2D eigenvalue weighted by Crippen LogP contribution is 2.25. The Labute approximate surface area is 191 Å². The molecule has 7 nitrogen and oxygen atoms in total. The Kier molecular flexibility index (Phi) is 10.2. The van der Waals surface area contributed by atoms with Gasteiger partial charge in [-0.25, -0.2) is 4.79 Å². The van der Waals surface area contributed by atoms with Crippen molar-refractivity contribution in [3.63, 3.8) is 0 Å². The van der Waals surface area contributed by atoms with Crippen molar-refractivity contribution in [2.45, 2.75) is 46.3 Å². The van der Waals surface area contributed by atoms with Gasteiger partial charge in [0.2, 0.25) is 0 Å². The Morgan fingerprint density at radius 1 is 1.28 bits per heavy atom. The smallest absolute Gasteiger partial charge is 0.407 e. The maximum absolute atomic E-state index is 11.7. The number of alkyl carbamates (subject to hydrolysis) is 1. The van der Waals surface area contributed by atoms with E-state index in [0.29, 0.717) is 19.7 Å². The molecule has 1 aromatic rings. The molecule has 1 heterocycles. The molecule has 164 valence electrons. The first kappa shape index (κ1) is 25.5. The third-order valence-electron chi connectivity index (χ3n) is 4.43. The molecule has 0 radical (unpaired) electrons. The lowest BCUT2D eigenvalue weighted by Crippen LogP contribution is -2.49. The first-order valence-electron chi connectivity index (χ1n) is 9.81. The number of ether oxygens (including phenoxy) is 2. The van der Waals surface area contributed by atoms with E-state index in [9.17, 15) is 4.79 Å². The first-order valence-corrected chi connectivity index (χ1v) is 9.81. The van der Waals surface area contributed by atoms with Crippen LogP contribution in [0.4, 0.5) is 4.79 Å². The van der Waals surface area contributed by atoms with Gasteiger partial charge in [0, 0.05) is 26.7 Å². The summed E-state index contributed by atoms with van der Waals surface area (Å²) in [5.74, 6) is 0.809. The van der Waals surface area contributed by atoms with Crippen molar-refractivity contribution in [1.82, 2.24) is 15.5 Å². The summed E-state index contributed by atoms with van der Waals surface area (Å²) in [6, 6.07) is 6.47. The van der Waals surface area contributed by atoms with E-state index in [-0.39, 0.29) is 30.1 Å². The van der Waals surface area contributed by atoms with Crippen molar-refractivity contribution in [3.8, 4) is 0 Å². The third-order valence-corrected chi connectivity index (χ3v) is 4.43. The Bertz CT molecular complexity index is 704. The molecule has 1 atom stereocenters. The standard InChI is InChI=1S/C21H34N4O3.HI/c1-15-7-8-17(16(2)13-15)18-14-25(11-12-27-18)19(22-6)23-9-10-24-20(26)28-21(3,4)5;/h7-8,13,18H,9-12,14H2,1-6H3,(H,22,23)(H,24,26);1H. The van der Waals surface area contributed by atoms with E-state index in [1.807, 2.05) is 20.8 Å². The molecular formula is C21H35IN4O3. The summed E-state index contributed by atoms with van der Waals surface area (Å²) in [6.07, 6.45) is -0.390. The quantitative estimate of drug-likeness (QED) is 0.277. The average molecular weight is 518 g/mol. The fraction of sp³-hybridized carbons (Fsp3) is 0.619. The number of amides is 1. The normalized spacial score (nSPS) is 17.4. The predicted molar refractivity (Wildman–Crippen MR) is 127 cm³/mol. The number of rotatable bonds is 4. The first-order chi connectivity index (χ1) is 13.2. The van der Waals surface area contributed by atoms with Crippen molar-refractivity contribution in [3.05, 3.63) is 34.9 Å². The molecule has 1 aliphatic rings. The van der Waals surface area contributed by atoms with E-state index in [1.54, 1.807) is 7.05 Å². The van der Waals surface area contributed by atoms with Crippen molar-refractivity contribution >= 4 is 36.0 Å². The molecule has 1 saturated heterocycles. The van der Waals surface area contributed by atoms with Gasteiger partial charge >= 0.3 is 6.09 Å². The molecule has 2 rings (SSSR count). The molecule has 1 amide bonds. The van der Waals surface area contributed by atoms with E-state index < -0.39 is 11.7 Å².